The highest BCUT2D eigenvalue weighted by molar-refractivity contribution is 4.94. The standard InChI is InChI=1S/C14H26N2O/c1-5-6-8-12-11-15-13(17-12)9-7-10-16-14(2,3)4/h11,16H,5-10H2,1-4H3. The zero-order valence-electron chi connectivity index (χ0n) is 11.7. The van der Waals surface area contributed by atoms with Crippen molar-refractivity contribution >= 4 is 0 Å². The van der Waals surface area contributed by atoms with Gasteiger partial charge in [-0.1, -0.05) is 13.3 Å². The molecule has 0 amide bonds. The minimum atomic E-state index is 0.197. The van der Waals surface area contributed by atoms with Crippen molar-refractivity contribution in [1.82, 2.24) is 10.3 Å². The number of oxazole rings is 1. The van der Waals surface area contributed by atoms with Crippen molar-refractivity contribution in [3.63, 3.8) is 0 Å². The van der Waals surface area contributed by atoms with Crippen LogP contribution in [0.25, 0.3) is 0 Å². The van der Waals surface area contributed by atoms with Crippen LogP contribution in [0, 0.1) is 0 Å². The first-order valence-electron chi connectivity index (χ1n) is 6.70. The van der Waals surface area contributed by atoms with E-state index in [1.807, 2.05) is 6.20 Å². The summed E-state index contributed by atoms with van der Waals surface area (Å²) in [5, 5.41) is 3.46. The van der Waals surface area contributed by atoms with Crippen LogP contribution in [0.15, 0.2) is 10.6 Å². The van der Waals surface area contributed by atoms with Gasteiger partial charge in [-0.05, 0) is 40.2 Å². The molecule has 0 unspecified atom stereocenters. The maximum atomic E-state index is 5.68. The topological polar surface area (TPSA) is 38.1 Å². The summed E-state index contributed by atoms with van der Waals surface area (Å²) in [6, 6.07) is 0. The number of aromatic nitrogens is 1. The SMILES string of the molecule is CCCCc1cnc(CCCNC(C)(C)C)o1. The Bertz CT molecular complexity index is 312. The summed E-state index contributed by atoms with van der Waals surface area (Å²) in [5.41, 5.74) is 0.197. The van der Waals surface area contributed by atoms with Crippen LogP contribution in [0.4, 0.5) is 0 Å². The van der Waals surface area contributed by atoms with E-state index in [2.05, 4.69) is 38.0 Å². The van der Waals surface area contributed by atoms with Crippen LogP contribution in [-0.2, 0) is 12.8 Å². The average Bonchev–Trinajstić information content (AvgIpc) is 2.68. The Kier molecular flexibility index (Phi) is 5.69. The first kappa shape index (κ1) is 14.2. The summed E-state index contributed by atoms with van der Waals surface area (Å²) in [6.45, 7) is 9.74. The molecule has 0 saturated carbocycles. The second-order valence-electron chi connectivity index (χ2n) is 5.60. The molecule has 3 heteroatoms. The largest absolute Gasteiger partial charge is 0.446 e. The molecule has 0 aliphatic rings. The Morgan fingerprint density at radius 1 is 1.24 bits per heavy atom. The summed E-state index contributed by atoms with van der Waals surface area (Å²) >= 11 is 0. The molecule has 0 aliphatic carbocycles. The number of hydrogen-bond donors (Lipinski definition) is 1. The molecule has 1 aromatic rings. The van der Waals surface area contributed by atoms with E-state index in [4.69, 9.17) is 4.42 Å². The fourth-order valence-corrected chi connectivity index (χ4v) is 1.63. The van der Waals surface area contributed by atoms with E-state index in [9.17, 15) is 0 Å². The van der Waals surface area contributed by atoms with E-state index < -0.39 is 0 Å². The van der Waals surface area contributed by atoms with E-state index >= 15 is 0 Å². The van der Waals surface area contributed by atoms with Gasteiger partial charge in [-0.2, -0.15) is 0 Å². The fourth-order valence-electron chi connectivity index (χ4n) is 1.63. The van der Waals surface area contributed by atoms with E-state index in [-0.39, 0.29) is 5.54 Å². The minimum Gasteiger partial charge on any atom is -0.446 e. The highest BCUT2D eigenvalue weighted by atomic mass is 16.4. The van der Waals surface area contributed by atoms with Gasteiger partial charge in [-0.25, -0.2) is 4.98 Å². The van der Waals surface area contributed by atoms with Crippen LogP contribution in [0.3, 0.4) is 0 Å². The lowest BCUT2D eigenvalue weighted by Crippen LogP contribution is -2.36. The third kappa shape index (κ3) is 6.47. The summed E-state index contributed by atoms with van der Waals surface area (Å²) in [7, 11) is 0. The lowest BCUT2D eigenvalue weighted by Gasteiger charge is -2.19. The smallest absolute Gasteiger partial charge is 0.194 e. The van der Waals surface area contributed by atoms with Crippen molar-refractivity contribution in [2.75, 3.05) is 6.54 Å². The van der Waals surface area contributed by atoms with Gasteiger partial charge in [0.05, 0.1) is 6.20 Å². The van der Waals surface area contributed by atoms with Crippen molar-refractivity contribution in [3.8, 4) is 0 Å². The van der Waals surface area contributed by atoms with Gasteiger partial charge >= 0.3 is 0 Å². The lowest BCUT2D eigenvalue weighted by atomic mass is 10.1. The van der Waals surface area contributed by atoms with E-state index in [0.717, 1.165) is 37.5 Å². The van der Waals surface area contributed by atoms with Crippen LogP contribution >= 0.6 is 0 Å². The predicted molar refractivity (Wildman–Crippen MR) is 71.2 cm³/mol. The number of aryl methyl sites for hydroxylation is 2. The molecule has 3 nitrogen and oxygen atoms in total. The molecule has 0 saturated heterocycles. The van der Waals surface area contributed by atoms with Crippen LogP contribution in [-0.4, -0.2) is 17.1 Å². The highest BCUT2D eigenvalue weighted by Crippen LogP contribution is 2.09. The van der Waals surface area contributed by atoms with Crippen LogP contribution in [0.5, 0.6) is 0 Å². The Hall–Kier alpha value is -0.830. The predicted octanol–water partition coefficient (Wildman–Crippen LogP) is 3.34. The molecule has 1 heterocycles. The van der Waals surface area contributed by atoms with Crippen LogP contribution in [0.2, 0.25) is 0 Å². The summed E-state index contributed by atoms with van der Waals surface area (Å²) in [4.78, 5) is 4.31. The summed E-state index contributed by atoms with van der Waals surface area (Å²) in [6.07, 6.45) is 7.28. The molecule has 0 aliphatic heterocycles. The van der Waals surface area contributed by atoms with Crippen molar-refractivity contribution in [3.05, 3.63) is 17.8 Å². The van der Waals surface area contributed by atoms with Gasteiger partial charge in [0.25, 0.3) is 0 Å². The number of unbranched alkanes of at least 4 members (excludes halogenated alkanes) is 1. The zero-order valence-corrected chi connectivity index (χ0v) is 11.7. The Balaban J connectivity index is 2.21. The first-order chi connectivity index (χ1) is 8.01. The molecule has 0 fully saturated rings. The van der Waals surface area contributed by atoms with Crippen molar-refractivity contribution in [2.45, 2.75) is 65.3 Å². The van der Waals surface area contributed by atoms with Gasteiger partial charge < -0.3 is 9.73 Å². The van der Waals surface area contributed by atoms with Crippen LogP contribution < -0.4 is 5.32 Å². The van der Waals surface area contributed by atoms with Crippen molar-refractivity contribution < 1.29 is 4.42 Å². The molecule has 0 spiro atoms. The normalized spacial score (nSPS) is 12.0. The number of nitrogens with one attached hydrogen (secondary N) is 1. The molecule has 0 bridgehead atoms. The summed E-state index contributed by atoms with van der Waals surface area (Å²) < 4.78 is 5.68. The third-order valence-electron chi connectivity index (χ3n) is 2.60. The van der Waals surface area contributed by atoms with Crippen molar-refractivity contribution in [2.24, 2.45) is 0 Å². The monoisotopic (exact) mass is 238 g/mol. The van der Waals surface area contributed by atoms with Gasteiger partial charge in [0.15, 0.2) is 5.89 Å². The highest BCUT2D eigenvalue weighted by Gasteiger charge is 2.08. The average molecular weight is 238 g/mol. The molecule has 0 radical (unpaired) electrons. The number of hydrogen-bond acceptors (Lipinski definition) is 3. The summed E-state index contributed by atoms with van der Waals surface area (Å²) in [5.74, 6) is 1.91. The fraction of sp³-hybridized carbons (Fsp3) is 0.786. The molecular weight excluding hydrogens is 212 g/mol. The first-order valence-corrected chi connectivity index (χ1v) is 6.70. The molecule has 1 N–H and O–H groups in total. The van der Waals surface area contributed by atoms with Gasteiger partial charge in [0, 0.05) is 18.4 Å². The second kappa shape index (κ2) is 6.80. The van der Waals surface area contributed by atoms with Gasteiger partial charge in [0.1, 0.15) is 5.76 Å². The van der Waals surface area contributed by atoms with E-state index in [1.165, 1.54) is 12.8 Å². The lowest BCUT2D eigenvalue weighted by molar-refractivity contribution is 0.405. The number of rotatable bonds is 7. The molecule has 0 atom stereocenters. The Labute approximate surface area is 105 Å². The van der Waals surface area contributed by atoms with Crippen LogP contribution in [0.1, 0.15) is 58.6 Å². The molecule has 17 heavy (non-hydrogen) atoms. The maximum Gasteiger partial charge on any atom is 0.194 e. The maximum absolute atomic E-state index is 5.68. The van der Waals surface area contributed by atoms with E-state index in [1.54, 1.807) is 0 Å². The molecule has 0 aromatic carbocycles. The van der Waals surface area contributed by atoms with Gasteiger partial charge in [0.2, 0.25) is 0 Å². The molecule has 1 aromatic heterocycles. The zero-order chi connectivity index (χ0) is 12.7. The molecular formula is C14H26N2O. The van der Waals surface area contributed by atoms with Gasteiger partial charge in [-0.15, -0.1) is 0 Å². The van der Waals surface area contributed by atoms with Crippen molar-refractivity contribution in [1.29, 1.82) is 0 Å². The van der Waals surface area contributed by atoms with Gasteiger partial charge in [-0.3, -0.25) is 0 Å². The third-order valence-corrected chi connectivity index (χ3v) is 2.60. The quantitative estimate of drug-likeness (QED) is 0.740. The Morgan fingerprint density at radius 2 is 2.00 bits per heavy atom. The second-order valence-corrected chi connectivity index (χ2v) is 5.60. The van der Waals surface area contributed by atoms with E-state index in [0.29, 0.717) is 0 Å². The minimum absolute atomic E-state index is 0.197. The molecule has 1 rings (SSSR count). The molecule has 98 valence electrons. The Morgan fingerprint density at radius 3 is 2.65 bits per heavy atom. The number of nitrogens with zero attached hydrogens (tertiary/aromatic N) is 1.